The van der Waals surface area contributed by atoms with Crippen LogP contribution in [0.1, 0.15) is 18.4 Å². The van der Waals surface area contributed by atoms with E-state index in [0.717, 1.165) is 34.7 Å². The first-order chi connectivity index (χ1) is 15.7. The maximum Gasteiger partial charge on any atom is 0.256 e. The minimum Gasteiger partial charge on any atom is -0.361 e. The van der Waals surface area contributed by atoms with Crippen LogP contribution in [0.25, 0.3) is 32.9 Å². The number of para-hydroxylation sites is 1. The Labute approximate surface area is 185 Å². The number of amides is 1. The summed E-state index contributed by atoms with van der Waals surface area (Å²) in [5.41, 5.74) is 4.93. The molecule has 0 spiro atoms. The number of H-pyrrole nitrogens is 2. The molecule has 5 nitrogen and oxygen atoms in total. The van der Waals surface area contributed by atoms with Gasteiger partial charge in [-0.05, 0) is 48.1 Å². The van der Waals surface area contributed by atoms with Gasteiger partial charge in [-0.2, -0.15) is 0 Å². The SMILES string of the molecule is O=C(CCCc1ccccc1)Nc1ccc2cc(-c3c[nH]c4ccccc34)c(=O)[nH]c2c1. The van der Waals surface area contributed by atoms with Crippen LogP contribution >= 0.6 is 0 Å². The van der Waals surface area contributed by atoms with Gasteiger partial charge in [0.25, 0.3) is 5.56 Å². The number of aromatic amines is 2. The second-order valence-electron chi connectivity index (χ2n) is 7.95. The molecule has 0 saturated carbocycles. The van der Waals surface area contributed by atoms with E-state index in [1.54, 1.807) is 0 Å². The van der Waals surface area contributed by atoms with Gasteiger partial charge in [0.15, 0.2) is 0 Å². The Morgan fingerprint density at radius 3 is 2.53 bits per heavy atom. The number of hydrogen-bond acceptors (Lipinski definition) is 2. The Morgan fingerprint density at radius 2 is 1.66 bits per heavy atom. The molecule has 3 N–H and O–H groups in total. The molecule has 1 amide bonds. The Kier molecular flexibility index (Phi) is 5.30. The first kappa shape index (κ1) is 19.8. The Hall–Kier alpha value is -4.12. The molecule has 32 heavy (non-hydrogen) atoms. The van der Waals surface area contributed by atoms with Crippen molar-refractivity contribution >= 4 is 33.4 Å². The van der Waals surface area contributed by atoms with Crippen LogP contribution in [0.4, 0.5) is 5.69 Å². The highest BCUT2D eigenvalue weighted by molar-refractivity contribution is 5.98. The molecule has 0 aliphatic heterocycles. The lowest BCUT2D eigenvalue weighted by Gasteiger charge is -2.08. The number of carbonyl (C=O) groups is 1. The third-order valence-electron chi connectivity index (χ3n) is 5.72. The van der Waals surface area contributed by atoms with Crippen molar-refractivity contribution in [1.29, 1.82) is 0 Å². The largest absolute Gasteiger partial charge is 0.361 e. The fraction of sp³-hybridized carbons (Fsp3) is 0.111. The Morgan fingerprint density at radius 1 is 0.844 bits per heavy atom. The monoisotopic (exact) mass is 421 g/mol. The van der Waals surface area contributed by atoms with Crippen molar-refractivity contribution in [3.05, 3.63) is 101 Å². The van der Waals surface area contributed by atoms with Crippen LogP contribution in [-0.2, 0) is 11.2 Å². The molecule has 0 unspecified atom stereocenters. The highest BCUT2D eigenvalue weighted by Crippen LogP contribution is 2.28. The van der Waals surface area contributed by atoms with E-state index in [4.69, 9.17) is 0 Å². The van der Waals surface area contributed by atoms with E-state index in [1.165, 1.54) is 5.56 Å². The zero-order chi connectivity index (χ0) is 21.9. The van der Waals surface area contributed by atoms with E-state index < -0.39 is 0 Å². The molecule has 0 saturated heterocycles. The number of fused-ring (bicyclic) bond motifs is 2. The highest BCUT2D eigenvalue weighted by atomic mass is 16.1. The summed E-state index contributed by atoms with van der Waals surface area (Å²) in [5.74, 6) is -0.0296. The van der Waals surface area contributed by atoms with E-state index in [0.29, 0.717) is 23.2 Å². The lowest BCUT2D eigenvalue weighted by Crippen LogP contribution is -2.12. The Balaban J connectivity index is 1.33. The molecule has 3 aromatic carbocycles. The second kappa shape index (κ2) is 8.55. The molecule has 158 valence electrons. The number of rotatable bonds is 6. The van der Waals surface area contributed by atoms with E-state index in [1.807, 2.05) is 72.9 Å². The predicted molar refractivity (Wildman–Crippen MR) is 130 cm³/mol. The van der Waals surface area contributed by atoms with Gasteiger partial charge in [0.2, 0.25) is 5.91 Å². The summed E-state index contributed by atoms with van der Waals surface area (Å²) < 4.78 is 0. The van der Waals surface area contributed by atoms with Crippen LogP contribution in [0.2, 0.25) is 0 Å². The van der Waals surface area contributed by atoms with E-state index in [9.17, 15) is 9.59 Å². The second-order valence-corrected chi connectivity index (χ2v) is 7.95. The third-order valence-corrected chi connectivity index (χ3v) is 5.72. The summed E-state index contributed by atoms with van der Waals surface area (Å²) in [6.45, 7) is 0. The van der Waals surface area contributed by atoms with Crippen LogP contribution in [0.3, 0.4) is 0 Å². The number of anilines is 1. The van der Waals surface area contributed by atoms with Crippen LogP contribution in [0.15, 0.2) is 89.9 Å². The zero-order valence-electron chi connectivity index (χ0n) is 17.5. The van der Waals surface area contributed by atoms with Crippen molar-refractivity contribution in [2.24, 2.45) is 0 Å². The van der Waals surface area contributed by atoms with Gasteiger partial charge in [-0.3, -0.25) is 9.59 Å². The van der Waals surface area contributed by atoms with Crippen molar-refractivity contribution in [2.45, 2.75) is 19.3 Å². The molecule has 0 atom stereocenters. The quantitative estimate of drug-likeness (QED) is 0.332. The number of nitrogens with one attached hydrogen (secondary N) is 3. The van der Waals surface area contributed by atoms with Crippen molar-refractivity contribution in [3.8, 4) is 11.1 Å². The summed E-state index contributed by atoms with van der Waals surface area (Å²) in [6.07, 6.45) is 3.97. The molecule has 0 bridgehead atoms. The summed E-state index contributed by atoms with van der Waals surface area (Å²) in [4.78, 5) is 31.4. The number of aryl methyl sites for hydroxylation is 1. The molecule has 0 aliphatic carbocycles. The number of benzene rings is 3. The van der Waals surface area contributed by atoms with Crippen molar-refractivity contribution in [3.63, 3.8) is 0 Å². The van der Waals surface area contributed by atoms with Gasteiger partial charge in [0, 0.05) is 40.3 Å². The molecule has 2 aromatic heterocycles. The molecule has 0 aliphatic rings. The number of pyridine rings is 1. The number of hydrogen-bond donors (Lipinski definition) is 3. The normalized spacial score (nSPS) is 11.1. The first-order valence-electron chi connectivity index (χ1n) is 10.7. The lowest BCUT2D eigenvalue weighted by molar-refractivity contribution is -0.116. The smallest absolute Gasteiger partial charge is 0.256 e. The molecule has 5 rings (SSSR count). The van der Waals surface area contributed by atoms with Gasteiger partial charge in [-0.25, -0.2) is 0 Å². The molecule has 5 heteroatoms. The summed E-state index contributed by atoms with van der Waals surface area (Å²) in [7, 11) is 0. The zero-order valence-corrected chi connectivity index (χ0v) is 17.5. The van der Waals surface area contributed by atoms with E-state index >= 15 is 0 Å². The number of carbonyl (C=O) groups excluding carboxylic acids is 1. The van der Waals surface area contributed by atoms with Crippen molar-refractivity contribution < 1.29 is 4.79 Å². The third kappa shape index (κ3) is 4.05. The fourth-order valence-corrected chi connectivity index (χ4v) is 4.09. The summed E-state index contributed by atoms with van der Waals surface area (Å²) in [6, 6.07) is 25.6. The van der Waals surface area contributed by atoms with Gasteiger partial charge < -0.3 is 15.3 Å². The van der Waals surface area contributed by atoms with Crippen molar-refractivity contribution in [1.82, 2.24) is 9.97 Å². The van der Waals surface area contributed by atoms with Gasteiger partial charge in [-0.15, -0.1) is 0 Å². The molecule has 2 heterocycles. The van der Waals surface area contributed by atoms with Crippen LogP contribution < -0.4 is 10.9 Å². The summed E-state index contributed by atoms with van der Waals surface area (Å²) >= 11 is 0. The molecule has 0 radical (unpaired) electrons. The molecular formula is C27H23N3O2. The van der Waals surface area contributed by atoms with E-state index in [2.05, 4.69) is 27.4 Å². The number of aromatic nitrogens is 2. The van der Waals surface area contributed by atoms with Gasteiger partial charge in [0.05, 0.1) is 5.52 Å². The van der Waals surface area contributed by atoms with Crippen LogP contribution in [0.5, 0.6) is 0 Å². The van der Waals surface area contributed by atoms with Crippen molar-refractivity contribution in [2.75, 3.05) is 5.32 Å². The van der Waals surface area contributed by atoms with Crippen LogP contribution in [0, 0.1) is 0 Å². The predicted octanol–water partition coefficient (Wildman–Crippen LogP) is 5.64. The standard InChI is InChI=1S/C27H23N3O2/c31-26(12-6-9-18-7-2-1-3-8-18)29-20-14-13-19-15-22(27(32)30-25(19)16-20)23-17-28-24-11-5-4-10-21(23)24/h1-5,7-8,10-11,13-17,28H,6,9,12H2,(H,29,31)(H,30,32). The first-order valence-corrected chi connectivity index (χ1v) is 10.7. The minimum atomic E-state index is -0.159. The summed E-state index contributed by atoms with van der Waals surface area (Å²) in [5, 5.41) is 4.86. The van der Waals surface area contributed by atoms with Gasteiger partial charge >= 0.3 is 0 Å². The maximum atomic E-state index is 12.8. The highest BCUT2D eigenvalue weighted by Gasteiger charge is 2.11. The lowest BCUT2D eigenvalue weighted by atomic mass is 10.0. The maximum absolute atomic E-state index is 12.8. The Bertz CT molecular complexity index is 1470. The topological polar surface area (TPSA) is 77.8 Å². The van der Waals surface area contributed by atoms with Gasteiger partial charge in [-0.1, -0.05) is 54.6 Å². The molecule has 0 fully saturated rings. The minimum absolute atomic E-state index is 0.0296. The fourth-order valence-electron chi connectivity index (χ4n) is 4.09. The molecule has 5 aromatic rings. The van der Waals surface area contributed by atoms with Gasteiger partial charge in [0.1, 0.15) is 0 Å². The molecular weight excluding hydrogens is 398 g/mol. The van der Waals surface area contributed by atoms with Crippen LogP contribution in [-0.4, -0.2) is 15.9 Å². The average molecular weight is 422 g/mol. The van der Waals surface area contributed by atoms with E-state index in [-0.39, 0.29) is 11.5 Å². The average Bonchev–Trinajstić information content (AvgIpc) is 3.23.